The van der Waals surface area contributed by atoms with Crippen molar-refractivity contribution in [1.29, 1.82) is 0 Å². The first-order valence-electron chi connectivity index (χ1n) is 5.10. The maximum Gasteiger partial charge on any atom is 0.153 e. The van der Waals surface area contributed by atoms with Gasteiger partial charge in [0.15, 0.2) is 5.65 Å². The molecule has 0 aliphatic carbocycles. The van der Waals surface area contributed by atoms with Gasteiger partial charge in [-0.2, -0.15) is 17.7 Å². The zero-order valence-electron chi connectivity index (χ0n) is 8.86. The number of aliphatic hydroxyl groups excluding tert-OH is 2. The molecule has 0 radical (unpaired) electrons. The lowest BCUT2D eigenvalue weighted by Crippen LogP contribution is -2.20. The van der Waals surface area contributed by atoms with Gasteiger partial charge in [-0.25, -0.2) is 9.50 Å². The quantitative estimate of drug-likeness (QED) is 0.730. The molecule has 17 heavy (non-hydrogen) atoms. The third kappa shape index (κ3) is 2.55. The zero-order chi connectivity index (χ0) is 12.4. The van der Waals surface area contributed by atoms with Crippen molar-refractivity contribution in [2.24, 2.45) is 0 Å². The molecule has 7 heteroatoms. The number of rotatable bonds is 4. The van der Waals surface area contributed by atoms with Gasteiger partial charge in [-0.3, -0.25) is 0 Å². The minimum atomic E-state index is -1.05. The van der Waals surface area contributed by atoms with Crippen LogP contribution in [0.1, 0.15) is 18.2 Å². The van der Waals surface area contributed by atoms with Gasteiger partial charge < -0.3 is 10.2 Å². The molecule has 2 N–H and O–H groups in total. The fourth-order valence-corrected chi connectivity index (χ4v) is 1.96. The Labute approximate surface area is 108 Å². The van der Waals surface area contributed by atoms with Crippen LogP contribution in [-0.4, -0.2) is 36.7 Å². The van der Waals surface area contributed by atoms with E-state index in [1.165, 1.54) is 10.7 Å². The molecule has 0 spiro atoms. The first-order valence-corrected chi connectivity index (χ1v) is 6.11. The van der Waals surface area contributed by atoms with E-state index in [1.807, 2.05) is 0 Å². The summed E-state index contributed by atoms with van der Waals surface area (Å²) < 4.78 is 1.43. The molecule has 0 aliphatic heterocycles. The monoisotopic (exact) mass is 273 g/mol. The van der Waals surface area contributed by atoms with Crippen LogP contribution in [0.25, 0.3) is 5.65 Å². The molecule has 2 unspecified atom stereocenters. The Morgan fingerprint density at radius 1 is 1.41 bits per heavy atom. The van der Waals surface area contributed by atoms with Gasteiger partial charge in [0, 0.05) is 0 Å². The molecule has 0 saturated carbocycles. The maximum absolute atomic E-state index is 9.97. The van der Waals surface area contributed by atoms with Crippen molar-refractivity contribution in [2.75, 3.05) is 5.75 Å². The molecule has 0 amide bonds. The van der Waals surface area contributed by atoms with Crippen LogP contribution in [0.2, 0.25) is 5.15 Å². The van der Waals surface area contributed by atoms with Gasteiger partial charge in [-0.15, -0.1) is 0 Å². The second kappa shape index (κ2) is 5.22. The molecule has 92 valence electrons. The predicted octanol–water partition coefficient (Wildman–Crippen LogP) is 1.10. The number of fused-ring (bicyclic) bond motifs is 1. The van der Waals surface area contributed by atoms with E-state index in [4.69, 9.17) is 11.6 Å². The van der Waals surface area contributed by atoms with E-state index >= 15 is 0 Å². The van der Waals surface area contributed by atoms with E-state index < -0.39 is 12.2 Å². The molecule has 0 bridgehead atoms. The van der Waals surface area contributed by atoms with Crippen LogP contribution in [0.3, 0.4) is 0 Å². The molecule has 0 saturated heterocycles. The Morgan fingerprint density at radius 3 is 2.88 bits per heavy atom. The first-order chi connectivity index (χ1) is 8.13. The number of halogens is 1. The Hall–Kier alpha value is -0.820. The number of aromatic nitrogens is 3. The van der Waals surface area contributed by atoms with Gasteiger partial charge >= 0.3 is 0 Å². The largest absolute Gasteiger partial charge is 0.390 e. The molecule has 2 aromatic heterocycles. The Balaban J connectivity index is 2.38. The highest BCUT2D eigenvalue weighted by Crippen LogP contribution is 2.20. The molecule has 0 aliphatic rings. The van der Waals surface area contributed by atoms with E-state index in [0.29, 0.717) is 28.7 Å². The second-order valence-electron chi connectivity index (χ2n) is 3.63. The molecule has 2 aromatic rings. The normalized spacial score (nSPS) is 15.1. The third-order valence-corrected chi connectivity index (χ3v) is 2.91. The van der Waals surface area contributed by atoms with Gasteiger partial charge in [0.1, 0.15) is 11.3 Å². The summed E-state index contributed by atoms with van der Waals surface area (Å²) in [4.78, 5) is 4.07. The van der Waals surface area contributed by atoms with Crippen LogP contribution >= 0.6 is 24.2 Å². The van der Waals surface area contributed by atoms with Crippen molar-refractivity contribution in [2.45, 2.75) is 18.6 Å². The summed E-state index contributed by atoms with van der Waals surface area (Å²) >= 11 is 9.79. The molecular formula is C10H12ClN3O2S. The SMILES string of the molecule is OC(CCS)C(O)c1cnc2ccc(Cl)nn12. The van der Waals surface area contributed by atoms with Gasteiger partial charge in [0.05, 0.1) is 18.0 Å². The highest BCUT2D eigenvalue weighted by Gasteiger charge is 2.21. The number of nitrogens with zero attached hydrogens (tertiary/aromatic N) is 3. The number of aliphatic hydroxyl groups is 2. The second-order valence-corrected chi connectivity index (χ2v) is 4.47. The number of thiol groups is 1. The van der Waals surface area contributed by atoms with Gasteiger partial charge in [0.2, 0.25) is 0 Å². The van der Waals surface area contributed by atoms with Crippen molar-refractivity contribution >= 4 is 29.9 Å². The lowest BCUT2D eigenvalue weighted by Gasteiger charge is -2.15. The molecule has 0 fully saturated rings. The summed E-state index contributed by atoms with van der Waals surface area (Å²) in [6.07, 6.45) is -0.0836. The van der Waals surface area contributed by atoms with E-state index in [9.17, 15) is 10.2 Å². The Bertz CT molecular complexity index is 519. The van der Waals surface area contributed by atoms with Crippen molar-refractivity contribution in [3.05, 3.63) is 29.2 Å². The highest BCUT2D eigenvalue weighted by molar-refractivity contribution is 7.80. The van der Waals surface area contributed by atoms with Crippen LogP contribution in [0.5, 0.6) is 0 Å². The maximum atomic E-state index is 9.97. The summed E-state index contributed by atoms with van der Waals surface area (Å²) in [6, 6.07) is 3.31. The van der Waals surface area contributed by atoms with Crippen molar-refractivity contribution < 1.29 is 10.2 Å². The van der Waals surface area contributed by atoms with Gasteiger partial charge in [0.25, 0.3) is 0 Å². The number of hydrogen-bond donors (Lipinski definition) is 3. The number of hydrogen-bond acceptors (Lipinski definition) is 5. The summed E-state index contributed by atoms with van der Waals surface area (Å²) in [5.74, 6) is 0.489. The van der Waals surface area contributed by atoms with E-state index in [2.05, 4.69) is 22.7 Å². The Morgan fingerprint density at radius 2 is 2.18 bits per heavy atom. The van der Waals surface area contributed by atoms with Crippen LogP contribution in [0.4, 0.5) is 0 Å². The van der Waals surface area contributed by atoms with Crippen LogP contribution in [-0.2, 0) is 0 Å². The molecular weight excluding hydrogens is 262 g/mol. The van der Waals surface area contributed by atoms with Gasteiger partial charge in [-0.05, 0) is 24.3 Å². The summed E-state index contributed by atoms with van der Waals surface area (Å²) in [5, 5.41) is 24.0. The van der Waals surface area contributed by atoms with Crippen molar-refractivity contribution in [3.8, 4) is 0 Å². The average Bonchev–Trinajstić information content (AvgIpc) is 2.71. The highest BCUT2D eigenvalue weighted by atomic mass is 35.5. The first kappa shape index (κ1) is 12.6. The van der Waals surface area contributed by atoms with Crippen molar-refractivity contribution in [1.82, 2.24) is 14.6 Å². The number of imidazole rings is 1. The lowest BCUT2D eigenvalue weighted by molar-refractivity contribution is 0.0136. The van der Waals surface area contributed by atoms with Crippen LogP contribution in [0.15, 0.2) is 18.3 Å². The third-order valence-electron chi connectivity index (χ3n) is 2.45. The standard InChI is InChI=1S/C10H12ClN3O2S/c11-8-1-2-9-12-5-6(14(9)13-8)10(16)7(15)3-4-17/h1-2,5,7,10,15-17H,3-4H2. The fourth-order valence-electron chi connectivity index (χ4n) is 1.56. The van der Waals surface area contributed by atoms with Crippen LogP contribution < -0.4 is 0 Å². The average molecular weight is 274 g/mol. The topological polar surface area (TPSA) is 70.7 Å². The minimum absolute atomic E-state index is 0.299. The molecule has 2 rings (SSSR count). The summed E-state index contributed by atoms with van der Waals surface area (Å²) in [5.41, 5.74) is 0.985. The molecule has 0 aromatic carbocycles. The van der Waals surface area contributed by atoms with Crippen molar-refractivity contribution in [3.63, 3.8) is 0 Å². The molecule has 2 atom stereocenters. The predicted molar refractivity (Wildman–Crippen MR) is 67.4 cm³/mol. The van der Waals surface area contributed by atoms with E-state index in [0.717, 1.165) is 0 Å². The van der Waals surface area contributed by atoms with E-state index in [-0.39, 0.29) is 0 Å². The zero-order valence-corrected chi connectivity index (χ0v) is 10.5. The Kier molecular flexibility index (Phi) is 3.88. The lowest BCUT2D eigenvalue weighted by atomic mass is 10.1. The van der Waals surface area contributed by atoms with Gasteiger partial charge in [-0.1, -0.05) is 11.6 Å². The van der Waals surface area contributed by atoms with E-state index in [1.54, 1.807) is 12.1 Å². The molecule has 5 nitrogen and oxygen atoms in total. The summed E-state index contributed by atoms with van der Waals surface area (Å²) in [7, 11) is 0. The smallest absolute Gasteiger partial charge is 0.153 e. The van der Waals surface area contributed by atoms with Crippen LogP contribution in [0, 0.1) is 0 Å². The molecule has 2 heterocycles. The minimum Gasteiger partial charge on any atom is -0.390 e. The fraction of sp³-hybridized carbons (Fsp3) is 0.400. The summed E-state index contributed by atoms with van der Waals surface area (Å²) in [6.45, 7) is 0.